The van der Waals surface area contributed by atoms with Gasteiger partial charge in [-0.25, -0.2) is 9.48 Å². The molecule has 1 unspecified atom stereocenters. The predicted molar refractivity (Wildman–Crippen MR) is 71.4 cm³/mol. The second-order valence-corrected chi connectivity index (χ2v) is 4.43. The number of carboxylic acid groups (broad SMARTS) is 1. The Kier molecular flexibility index (Phi) is 4.50. The van der Waals surface area contributed by atoms with Crippen molar-refractivity contribution in [2.45, 2.75) is 19.0 Å². The molecule has 0 radical (unpaired) electrons. The zero-order valence-electron chi connectivity index (χ0n) is 11.0. The van der Waals surface area contributed by atoms with E-state index in [0.717, 1.165) is 0 Å². The van der Waals surface area contributed by atoms with E-state index in [4.69, 9.17) is 5.11 Å². The molecule has 0 aliphatic carbocycles. The van der Waals surface area contributed by atoms with E-state index in [1.54, 1.807) is 12.1 Å². The van der Waals surface area contributed by atoms with Gasteiger partial charge in [0.1, 0.15) is 18.3 Å². The first-order valence-electron chi connectivity index (χ1n) is 6.19. The Morgan fingerprint density at radius 3 is 2.57 bits per heavy atom. The number of rotatable bonds is 6. The number of nitrogens with one attached hydrogen (secondary N) is 1. The van der Waals surface area contributed by atoms with Crippen LogP contribution >= 0.6 is 0 Å². The fraction of sp³-hybridized carbons (Fsp3) is 0.231. The lowest BCUT2D eigenvalue weighted by Crippen LogP contribution is -2.43. The first kappa shape index (κ1) is 14.5. The van der Waals surface area contributed by atoms with Crippen LogP contribution in [0.4, 0.5) is 0 Å². The molecule has 8 nitrogen and oxygen atoms in total. The number of aliphatic carboxylic acids is 1. The first-order valence-corrected chi connectivity index (χ1v) is 6.19. The number of phenols is 1. The van der Waals surface area contributed by atoms with Crippen LogP contribution in [0.5, 0.6) is 5.75 Å². The summed E-state index contributed by atoms with van der Waals surface area (Å²) in [7, 11) is 0. The minimum atomic E-state index is -1.13. The maximum Gasteiger partial charge on any atom is 0.326 e. The number of carbonyl (C=O) groups is 2. The molecule has 1 atom stereocenters. The Bertz CT molecular complexity index is 610. The maximum absolute atomic E-state index is 11.8. The molecule has 0 saturated heterocycles. The van der Waals surface area contributed by atoms with Gasteiger partial charge in [0.25, 0.3) is 0 Å². The van der Waals surface area contributed by atoms with Crippen molar-refractivity contribution in [1.82, 2.24) is 20.3 Å². The summed E-state index contributed by atoms with van der Waals surface area (Å²) in [4.78, 5) is 23.0. The average molecular weight is 290 g/mol. The van der Waals surface area contributed by atoms with Crippen LogP contribution in [-0.4, -0.2) is 43.1 Å². The van der Waals surface area contributed by atoms with Crippen LogP contribution in [0.3, 0.4) is 0 Å². The van der Waals surface area contributed by atoms with Gasteiger partial charge in [-0.1, -0.05) is 17.3 Å². The SMILES string of the molecule is O=C(Cn1ccnn1)NC(Cc1ccc(O)cc1)C(=O)O. The molecule has 2 aromatic rings. The van der Waals surface area contributed by atoms with Gasteiger partial charge in [0.15, 0.2) is 0 Å². The van der Waals surface area contributed by atoms with Gasteiger partial charge in [0.2, 0.25) is 5.91 Å². The normalized spacial score (nSPS) is 11.8. The Morgan fingerprint density at radius 1 is 1.29 bits per heavy atom. The molecular weight excluding hydrogens is 276 g/mol. The standard InChI is InChI=1S/C13H14N4O4/c18-10-3-1-9(2-4-10)7-11(13(20)21)15-12(19)8-17-6-5-14-16-17/h1-6,11,18H,7-8H2,(H,15,19)(H,20,21). The Morgan fingerprint density at radius 2 is 2.00 bits per heavy atom. The molecule has 1 amide bonds. The van der Waals surface area contributed by atoms with Crippen molar-refractivity contribution in [3.63, 3.8) is 0 Å². The summed E-state index contributed by atoms with van der Waals surface area (Å²) in [6.45, 7) is -0.0979. The quantitative estimate of drug-likeness (QED) is 0.678. The van der Waals surface area contributed by atoms with Crippen LogP contribution in [0.15, 0.2) is 36.7 Å². The topological polar surface area (TPSA) is 117 Å². The highest BCUT2D eigenvalue weighted by Crippen LogP contribution is 2.11. The van der Waals surface area contributed by atoms with Crippen LogP contribution < -0.4 is 5.32 Å². The predicted octanol–water partition coefficient (Wildman–Crippen LogP) is -0.204. The summed E-state index contributed by atoms with van der Waals surface area (Å²) in [6.07, 6.45) is 3.06. The van der Waals surface area contributed by atoms with Crippen molar-refractivity contribution in [3.8, 4) is 5.75 Å². The molecule has 0 bridgehead atoms. The van der Waals surface area contributed by atoms with Crippen LogP contribution in [0.2, 0.25) is 0 Å². The van der Waals surface area contributed by atoms with Gasteiger partial charge >= 0.3 is 5.97 Å². The highest BCUT2D eigenvalue weighted by molar-refractivity contribution is 5.83. The molecule has 0 aliphatic heterocycles. The summed E-state index contributed by atoms with van der Waals surface area (Å²) >= 11 is 0. The molecule has 0 fully saturated rings. The van der Waals surface area contributed by atoms with E-state index in [1.165, 1.54) is 29.2 Å². The highest BCUT2D eigenvalue weighted by Gasteiger charge is 2.20. The van der Waals surface area contributed by atoms with Crippen molar-refractivity contribution in [2.24, 2.45) is 0 Å². The molecule has 1 aromatic carbocycles. The summed E-state index contributed by atoms with van der Waals surface area (Å²) in [6, 6.07) is 5.09. The zero-order chi connectivity index (χ0) is 15.2. The minimum absolute atomic E-state index is 0.0979. The molecule has 1 aromatic heterocycles. The lowest BCUT2D eigenvalue weighted by molar-refractivity contribution is -0.141. The molecule has 0 saturated carbocycles. The number of benzene rings is 1. The fourth-order valence-electron chi connectivity index (χ4n) is 1.77. The zero-order valence-corrected chi connectivity index (χ0v) is 11.0. The van der Waals surface area contributed by atoms with Crippen molar-refractivity contribution < 1.29 is 19.8 Å². The third-order valence-corrected chi connectivity index (χ3v) is 2.79. The van der Waals surface area contributed by atoms with Gasteiger partial charge in [-0.3, -0.25) is 4.79 Å². The summed E-state index contributed by atoms with van der Waals surface area (Å²) in [5.41, 5.74) is 0.696. The van der Waals surface area contributed by atoms with Crippen molar-refractivity contribution in [2.75, 3.05) is 0 Å². The number of hydrogen-bond acceptors (Lipinski definition) is 5. The lowest BCUT2D eigenvalue weighted by atomic mass is 10.1. The molecule has 21 heavy (non-hydrogen) atoms. The number of amides is 1. The van der Waals surface area contributed by atoms with Crippen molar-refractivity contribution >= 4 is 11.9 Å². The fourth-order valence-corrected chi connectivity index (χ4v) is 1.77. The highest BCUT2D eigenvalue weighted by atomic mass is 16.4. The van der Waals surface area contributed by atoms with E-state index in [2.05, 4.69) is 15.6 Å². The molecule has 2 rings (SSSR count). The second-order valence-electron chi connectivity index (χ2n) is 4.43. The van der Waals surface area contributed by atoms with E-state index in [1.807, 2.05) is 0 Å². The first-order chi connectivity index (χ1) is 10.0. The van der Waals surface area contributed by atoms with Crippen molar-refractivity contribution in [1.29, 1.82) is 0 Å². The number of carbonyl (C=O) groups excluding carboxylic acids is 1. The number of hydrogen-bond donors (Lipinski definition) is 3. The van der Waals surface area contributed by atoms with Gasteiger partial charge in [0.05, 0.1) is 6.20 Å². The molecule has 0 spiro atoms. The van der Waals surface area contributed by atoms with Gasteiger partial charge in [0, 0.05) is 12.6 Å². The molecule has 0 aliphatic rings. The van der Waals surface area contributed by atoms with Gasteiger partial charge in [-0.15, -0.1) is 5.10 Å². The summed E-state index contributed by atoms with van der Waals surface area (Å²) in [5, 5.41) is 28.0. The van der Waals surface area contributed by atoms with E-state index < -0.39 is 17.9 Å². The molecular formula is C13H14N4O4. The molecule has 3 N–H and O–H groups in total. The molecule has 110 valence electrons. The number of carboxylic acids is 1. The molecule has 8 heteroatoms. The van der Waals surface area contributed by atoms with Gasteiger partial charge in [-0.2, -0.15) is 0 Å². The van der Waals surface area contributed by atoms with Crippen LogP contribution in [-0.2, 0) is 22.6 Å². The molecule has 1 heterocycles. The Balaban J connectivity index is 1.97. The number of aromatic nitrogens is 3. The Labute approximate surface area is 120 Å². The van der Waals surface area contributed by atoms with E-state index >= 15 is 0 Å². The van der Waals surface area contributed by atoms with Crippen LogP contribution in [0.1, 0.15) is 5.56 Å². The van der Waals surface area contributed by atoms with Gasteiger partial charge in [-0.05, 0) is 17.7 Å². The summed E-state index contributed by atoms with van der Waals surface area (Å²) < 4.78 is 1.30. The number of nitrogens with zero attached hydrogens (tertiary/aromatic N) is 3. The summed E-state index contributed by atoms with van der Waals surface area (Å²) in [5.74, 6) is -1.50. The van der Waals surface area contributed by atoms with Crippen LogP contribution in [0.25, 0.3) is 0 Å². The van der Waals surface area contributed by atoms with E-state index in [9.17, 15) is 14.7 Å². The number of aromatic hydroxyl groups is 1. The third kappa shape index (κ3) is 4.30. The minimum Gasteiger partial charge on any atom is -0.508 e. The van der Waals surface area contributed by atoms with E-state index in [0.29, 0.717) is 5.56 Å². The smallest absolute Gasteiger partial charge is 0.326 e. The monoisotopic (exact) mass is 290 g/mol. The lowest BCUT2D eigenvalue weighted by Gasteiger charge is -2.14. The van der Waals surface area contributed by atoms with Crippen molar-refractivity contribution in [3.05, 3.63) is 42.2 Å². The van der Waals surface area contributed by atoms with E-state index in [-0.39, 0.29) is 18.7 Å². The van der Waals surface area contributed by atoms with Crippen LogP contribution in [0, 0.1) is 0 Å². The largest absolute Gasteiger partial charge is 0.508 e. The third-order valence-electron chi connectivity index (χ3n) is 2.79. The second kappa shape index (κ2) is 6.51. The number of phenolic OH excluding ortho intramolecular Hbond substituents is 1. The maximum atomic E-state index is 11.8. The Hall–Kier alpha value is -2.90. The van der Waals surface area contributed by atoms with Gasteiger partial charge < -0.3 is 15.5 Å². The average Bonchev–Trinajstić information content (AvgIpc) is 2.93.